The highest BCUT2D eigenvalue weighted by Crippen LogP contribution is 2.26. The molecule has 0 aliphatic heterocycles. The van der Waals surface area contributed by atoms with Crippen LogP contribution in [0.5, 0.6) is 0 Å². The molecule has 0 bridgehead atoms. The molecule has 1 aliphatic carbocycles. The third-order valence-corrected chi connectivity index (χ3v) is 5.13. The van der Waals surface area contributed by atoms with Gasteiger partial charge in [-0.05, 0) is 25.0 Å². The Balaban J connectivity index is 2.12. The second-order valence-corrected chi connectivity index (χ2v) is 7.74. The Morgan fingerprint density at radius 3 is 2.42 bits per heavy atom. The number of carbonyl (C=O) groups is 1. The number of hydrogen-bond donors (Lipinski definition) is 1. The molecule has 2 rings (SSSR count). The fraction of sp³-hybridized carbons (Fsp3) is 0.533. The van der Waals surface area contributed by atoms with Crippen LogP contribution in [0.3, 0.4) is 0 Å². The summed E-state index contributed by atoms with van der Waals surface area (Å²) in [5, 5.41) is 2.78. The van der Waals surface area contributed by atoms with Gasteiger partial charge in [-0.25, -0.2) is 21.6 Å². The van der Waals surface area contributed by atoms with Gasteiger partial charge in [0.05, 0.1) is 11.9 Å². The van der Waals surface area contributed by atoms with Crippen LogP contribution in [0.2, 0.25) is 0 Å². The topological polar surface area (TPSA) is 66.5 Å². The average Bonchev–Trinajstić information content (AvgIpc) is 2.98. The minimum atomic E-state index is -3.97. The summed E-state index contributed by atoms with van der Waals surface area (Å²) in [7, 11) is -3.97. The Bertz CT molecular complexity index is 719. The van der Waals surface area contributed by atoms with Crippen LogP contribution in [0, 0.1) is 17.5 Å². The molecule has 134 valence electrons. The van der Waals surface area contributed by atoms with Crippen molar-refractivity contribution in [1.82, 2.24) is 5.32 Å². The van der Waals surface area contributed by atoms with E-state index in [4.69, 9.17) is 0 Å². The number of hydrogen-bond acceptors (Lipinski definition) is 3. The van der Waals surface area contributed by atoms with E-state index in [2.05, 4.69) is 5.32 Å². The molecule has 1 aromatic rings. The molecule has 0 saturated heterocycles. The van der Waals surface area contributed by atoms with E-state index in [0.29, 0.717) is 10.4 Å². The number of halogens is 3. The van der Waals surface area contributed by atoms with Crippen LogP contribution in [0.4, 0.5) is 18.9 Å². The van der Waals surface area contributed by atoms with Gasteiger partial charge >= 0.3 is 0 Å². The quantitative estimate of drug-likeness (QED) is 0.788. The lowest BCUT2D eigenvalue weighted by molar-refractivity contribution is -0.121. The lowest BCUT2D eigenvalue weighted by Gasteiger charge is -2.23. The first-order valence-electron chi connectivity index (χ1n) is 7.60. The highest BCUT2D eigenvalue weighted by molar-refractivity contribution is 7.92. The summed E-state index contributed by atoms with van der Waals surface area (Å²) in [4.78, 5) is 11.9. The van der Waals surface area contributed by atoms with Crippen LogP contribution in [0.25, 0.3) is 0 Å². The summed E-state index contributed by atoms with van der Waals surface area (Å²) >= 11 is 0. The van der Waals surface area contributed by atoms with Crippen molar-refractivity contribution in [1.29, 1.82) is 0 Å². The van der Waals surface area contributed by atoms with Crippen LogP contribution in [0.1, 0.15) is 32.1 Å². The summed E-state index contributed by atoms with van der Waals surface area (Å²) in [5.74, 6) is -5.13. The van der Waals surface area contributed by atoms with E-state index in [1.165, 1.54) is 0 Å². The predicted molar refractivity (Wildman–Crippen MR) is 83.5 cm³/mol. The van der Waals surface area contributed by atoms with Crippen LogP contribution in [0.15, 0.2) is 12.1 Å². The van der Waals surface area contributed by atoms with Gasteiger partial charge in [0, 0.05) is 19.0 Å². The van der Waals surface area contributed by atoms with Crippen molar-refractivity contribution in [2.45, 2.75) is 38.1 Å². The van der Waals surface area contributed by atoms with E-state index in [-0.39, 0.29) is 24.9 Å². The largest absolute Gasteiger partial charge is 0.353 e. The van der Waals surface area contributed by atoms with E-state index in [1.54, 1.807) is 0 Å². The predicted octanol–water partition coefficient (Wildman–Crippen LogP) is 2.32. The molecular formula is C15H19F3N2O3S. The number of rotatable bonds is 6. The molecule has 0 aromatic heterocycles. The number of nitrogens with one attached hydrogen (secondary N) is 1. The number of sulfonamides is 1. The molecule has 9 heteroatoms. The zero-order valence-corrected chi connectivity index (χ0v) is 14.0. The van der Waals surface area contributed by atoms with Crippen molar-refractivity contribution in [3.63, 3.8) is 0 Å². The molecule has 1 aliphatic rings. The molecule has 24 heavy (non-hydrogen) atoms. The molecular weight excluding hydrogens is 345 g/mol. The van der Waals surface area contributed by atoms with Gasteiger partial charge in [0.1, 0.15) is 0 Å². The van der Waals surface area contributed by atoms with E-state index >= 15 is 0 Å². The molecule has 0 radical (unpaired) electrons. The third kappa shape index (κ3) is 4.40. The Morgan fingerprint density at radius 2 is 1.83 bits per heavy atom. The number of anilines is 1. The molecule has 1 saturated carbocycles. The Hall–Kier alpha value is -1.77. The van der Waals surface area contributed by atoms with E-state index < -0.39 is 33.2 Å². The fourth-order valence-corrected chi connectivity index (χ4v) is 3.67. The maximum Gasteiger partial charge on any atom is 0.232 e. The number of carbonyl (C=O) groups excluding carboxylic acids is 1. The SMILES string of the molecule is CS(=O)(=O)N(CCC(=O)NC1CCCC1)c1ccc(F)c(F)c1F. The molecule has 1 amide bonds. The molecule has 5 nitrogen and oxygen atoms in total. The van der Waals surface area contributed by atoms with Crippen LogP contribution in [-0.4, -0.2) is 33.2 Å². The van der Waals surface area contributed by atoms with E-state index in [9.17, 15) is 26.4 Å². The van der Waals surface area contributed by atoms with Gasteiger partial charge < -0.3 is 5.32 Å². The molecule has 0 heterocycles. The summed E-state index contributed by atoms with van der Waals surface area (Å²) in [6.07, 6.45) is 4.41. The molecule has 0 atom stereocenters. The maximum absolute atomic E-state index is 13.9. The van der Waals surface area contributed by atoms with Gasteiger partial charge in [-0.3, -0.25) is 9.10 Å². The smallest absolute Gasteiger partial charge is 0.232 e. The first-order valence-corrected chi connectivity index (χ1v) is 9.45. The van der Waals surface area contributed by atoms with Crippen LogP contribution >= 0.6 is 0 Å². The van der Waals surface area contributed by atoms with Crippen molar-refractivity contribution in [3.8, 4) is 0 Å². The van der Waals surface area contributed by atoms with Gasteiger partial charge in [-0.15, -0.1) is 0 Å². The maximum atomic E-state index is 13.9. The lowest BCUT2D eigenvalue weighted by Crippen LogP contribution is -2.38. The molecule has 1 fully saturated rings. The number of amides is 1. The van der Waals surface area contributed by atoms with Gasteiger partial charge in [-0.1, -0.05) is 12.8 Å². The summed E-state index contributed by atoms with van der Waals surface area (Å²) in [6, 6.07) is 1.55. The van der Waals surface area contributed by atoms with Crippen molar-refractivity contribution in [3.05, 3.63) is 29.6 Å². The Kier molecular flexibility index (Phi) is 5.74. The summed E-state index contributed by atoms with van der Waals surface area (Å²) < 4.78 is 64.5. The highest BCUT2D eigenvalue weighted by atomic mass is 32.2. The van der Waals surface area contributed by atoms with E-state index in [0.717, 1.165) is 38.0 Å². The van der Waals surface area contributed by atoms with E-state index in [1.807, 2.05) is 0 Å². The zero-order valence-electron chi connectivity index (χ0n) is 13.2. The van der Waals surface area contributed by atoms with Crippen LogP contribution < -0.4 is 9.62 Å². The second-order valence-electron chi connectivity index (χ2n) is 5.83. The normalized spacial score (nSPS) is 15.5. The standard InChI is InChI=1S/C15H19F3N2O3S/c1-24(22,23)20(12-7-6-11(16)14(17)15(12)18)9-8-13(21)19-10-4-2-3-5-10/h6-7,10H,2-5,8-9H2,1H3,(H,19,21). The van der Waals surface area contributed by atoms with Gasteiger partial charge in [0.25, 0.3) is 0 Å². The third-order valence-electron chi connectivity index (χ3n) is 3.95. The second kappa shape index (κ2) is 7.42. The van der Waals surface area contributed by atoms with Crippen LogP contribution in [-0.2, 0) is 14.8 Å². The molecule has 0 spiro atoms. The Labute approximate surface area is 138 Å². The van der Waals surface area contributed by atoms with Gasteiger partial charge in [-0.2, -0.15) is 0 Å². The first kappa shape index (κ1) is 18.6. The van der Waals surface area contributed by atoms with Crippen molar-refractivity contribution < 1.29 is 26.4 Å². The highest BCUT2D eigenvalue weighted by Gasteiger charge is 2.25. The van der Waals surface area contributed by atoms with Crippen molar-refractivity contribution in [2.24, 2.45) is 0 Å². The summed E-state index contributed by atoms with van der Waals surface area (Å²) in [5.41, 5.74) is -0.620. The minimum Gasteiger partial charge on any atom is -0.353 e. The number of nitrogens with zero attached hydrogens (tertiary/aromatic N) is 1. The van der Waals surface area contributed by atoms with Crippen molar-refractivity contribution in [2.75, 3.05) is 17.1 Å². The first-order chi connectivity index (χ1) is 11.2. The molecule has 1 N–H and O–H groups in total. The van der Waals surface area contributed by atoms with Crippen molar-refractivity contribution >= 4 is 21.6 Å². The lowest BCUT2D eigenvalue weighted by atomic mass is 10.2. The Morgan fingerprint density at radius 1 is 1.21 bits per heavy atom. The zero-order chi connectivity index (χ0) is 17.9. The number of benzene rings is 1. The van der Waals surface area contributed by atoms with Gasteiger partial charge in [0.2, 0.25) is 15.9 Å². The van der Waals surface area contributed by atoms with Gasteiger partial charge in [0.15, 0.2) is 17.5 Å². The monoisotopic (exact) mass is 364 g/mol. The summed E-state index contributed by atoms with van der Waals surface area (Å²) in [6.45, 7) is -0.362. The molecule has 1 aromatic carbocycles. The minimum absolute atomic E-state index is 0.0733. The fourth-order valence-electron chi connectivity index (χ4n) is 2.75. The average molecular weight is 364 g/mol. The molecule has 0 unspecified atom stereocenters.